The average molecular weight is 298 g/mol. The molecular weight excluding hydrogens is 278 g/mol. The fourth-order valence-corrected chi connectivity index (χ4v) is 2.29. The molecule has 0 aliphatic carbocycles. The number of carbonyl (C=O) groups is 1. The molecule has 0 atom stereocenters. The Balaban J connectivity index is 3.12. The summed E-state index contributed by atoms with van der Waals surface area (Å²) in [6.07, 6.45) is 0.871. The zero-order chi connectivity index (χ0) is 15.3. The van der Waals surface area contributed by atoms with Gasteiger partial charge in [-0.05, 0) is 37.5 Å². The first-order valence-corrected chi connectivity index (χ1v) is 6.84. The lowest BCUT2D eigenvalue weighted by molar-refractivity contribution is -0.122. The Morgan fingerprint density at radius 3 is 2.55 bits per heavy atom. The van der Waals surface area contributed by atoms with E-state index in [-0.39, 0.29) is 11.7 Å². The van der Waals surface area contributed by atoms with Gasteiger partial charge in [0.15, 0.2) is 5.84 Å². The number of benzene rings is 1. The van der Waals surface area contributed by atoms with Crippen molar-refractivity contribution in [3.05, 3.63) is 28.8 Å². The molecule has 1 aromatic rings. The van der Waals surface area contributed by atoms with Crippen molar-refractivity contribution in [2.24, 2.45) is 16.3 Å². The van der Waals surface area contributed by atoms with Crippen molar-refractivity contribution in [1.82, 2.24) is 0 Å². The zero-order valence-corrected chi connectivity index (χ0v) is 12.7. The monoisotopic (exact) mass is 297 g/mol. The fourth-order valence-electron chi connectivity index (χ4n) is 2.12. The topological polar surface area (TPSA) is 87.7 Å². The molecule has 0 fully saturated rings. The van der Waals surface area contributed by atoms with Crippen LogP contribution in [0.2, 0.25) is 5.02 Å². The van der Waals surface area contributed by atoms with Gasteiger partial charge >= 0.3 is 0 Å². The molecule has 0 spiro atoms. The molecule has 110 valence electrons. The van der Waals surface area contributed by atoms with E-state index in [1.807, 2.05) is 26.8 Å². The number of carbonyl (C=O) groups excluding carboxylic acids is 1. The average Bonchev–Trinajstić information content (AvgIpc) is 2.44. The van der Waals surface area contributed by atoms with Crippen molar-refractivity contribution in [3.63, 3.8) is 0 Å². The summed E-state index contributed by atoms with van der Waals surface area (Å²) in [5, 5.41) is 15.3. The highest BCUT2D eigenvalue weighted by molar-refractivity contribution is 6.31. The fraction of sp³-hybridized carbons (Fsp3) is 0.429. The van der Waals surface area contributed by atoms with E-state index >= 15 is 0 Å². The van der Waals surface area contributed by atoms with Crippen LogP contribution in [-0.4, -0.2) is 17.0 Å². The van der Waals surface area contributed by atoms with Gasteiger partial charge in [0, 0.05) is 10.7 Å². The maximum atomic E-state index is 12.5. The molecule has 6 heteroatoms. The van der Waals surface area contributed by atoms with Crippen LogP contribution in [0, 0.1) is 12.3 Å². The normalized spacial score (nSPS) is 12.3. The SMILES string of the molecule is CCC(CC)(C(=O)Nc1cc(Cl)ccc1C)C(N)=NO. The molecule has 4 N–H and O–H groups in total. The largest absolute Gasteiger partial charge is 0.409 e. The molecular formula is C14H20ClN3O2. The van der Waals surface area contributed by atoms with Crippen molar-refractivity contribution < 1.29 is 10.0 Å². The van der Waals surface area contributed by atoms with Crippen molar-refractivity contribution in [2.75, 3.05) is 5.32 Å². The Morgan fingerprint density at radius 1 is 1.45 bits per heavy atom. The summed E-state index contributed by atoms with van der Waals surface area (Å²) in [5.41, 5.74) is 6.20. The number of nitrogens with one attached hydrogen (secondary N) is 1. The Labute approximate surface area is 123 Å². The molecule has 5 nitrogen and oxygen atoms in total. The van der Waals surface area contributed by atoms with Crippen LogP contribution in [0.5, 0.6) is 0 Å². The third kappa shape index (κ3) is 3.04. The summed E-state index contributed by atoms with van der Waals surface area (Å²) in [7, 11) is 0. The molecule has 1 amide bonds. The first-order chi connectivity index (χ1) is 9.41. The highest BCUT2D eigenvalue weighted by Gasteiger charge is 2.40. The van der Waals surface area contributed by atoms with Crippen LogP contribution in [0.1, 0.15) is 32.3 Å². The molecule has 0 aliphatic rings. The second-order valence-electron chi connectivity index (χ2n) is 4.69. The molecule has 1 rings (SSSR count). The van der Waals surface area contributed by atoms with E-state index in [0.29, 0.717) is 23.6 Å². The molecule has 0 heterocycles. The van der Waals surface area contributed by atoms with E-state index in [4.69, 9.17) is 22.5 Å². The van der Waals surface area contributed by atoms with E-state index < -0.39 is 5.41 Å². The van der Waals surface area contributed by atoms with Gasteiger partial charge < -0.3 is 16.3 Å². The number of anilines is 1. The van der Waals surface area contributed by atoms with E-state index in [1.165, 1.54) is 0 Å². The number of aryl methyl sites for hydroxylation is 1. The van der Waals surface area contributed by atoms with Crippen LogP contribution >= 0.6 is 11.6 Å². The summed E-state index contributed by atoms with van der Waals surface area (Å²) in [6, 6.07) is 5.25. The predicted octanol–water partition coefficient (Wildman–Crippen LogP) is 3.14. The van der Waals surface area contributed by atoms with Crippen molar-refractivity contribution in [3.8, 4) is 0 Å². The minimum absolute atomic E-state index is 0.0836. The molecule has 0 aromatic heterocycles. The van der Waals surface area contributed by atoms with Crippen molar-refractivity contribution in [1.29, 1.82) is 0 Å². The molecule has 1 aromatic carbocycles. The summed E-state index contributed by atoms with van der Waals surface area (Å²) in [5.74, 6) is -0.386. The van der Waals surface area contributed by atoms with Gasteiger partial charge in [-0.1, -0.05) is 36.7 Å². The number of nitrogens with two attached hydrogens (primary N) is 1. The van der Waals surface area contributed by atoms with Crippen LogP contribution in [0.25, 0.3) is 0 Å². The van der Waals surface area contributed by atoms with Crippen LogP contribution in [-0.2, 0) is 4.79 Å². The first kappa shape index (κ1) is 16.3. The number of oxime groups is 1. The smallest absolute Gasteiger partial charge is 0.238 e. The second-order valence-corrected chi connectivity index (χ2v) is 5.12. The number of nitrogens with zero attached hydrogens (tertiary/aromatic N) is 1. The van der Waals surface area contributed by atoms with Gasteiger partial charge in [0.25, 0.3) is 0 Å². The van der Waals surface area contributed by atoms with E-state index in [0.717, 1.165) is 5.56 Å². The van der Waals surface area contributed by atoms with E-state index in [1.54, 1.807) is 12.1 Å². The lowest BCUT2D eigenvalue weighted by Gasteiger charge is -2.29. The van der Waals surface area contributed by atoms with Crippen LogP contribution < -0.4 is 11.1 Å². The lowest BCUT2D eigenvalue weighted by atomic mass is 9.80. The Kier molecular flexibility index (Phi) is 5.39. The quantitative estimate of drug-likeness (QED) is 0.338. The van der Waals surface area contributed by atoms with Gasteiger partial charge in [-0.2, -0.15) is 0 Å². The lowest BCUT2D eigenvalue weighted by Crippen LogP contribution is -2.46. The van der Waals surface area contributed by atoms with Crippen molar-refractivity contribution in [2.45, 2.75) is 33.6 Å². The van der Waals surface area contributed by atoms with Gasteiger partial charge in [0.1, 0.15) is 5.41 Å². The maximum absolute atomic E-state index is 12.5. The third-order valence-corrected chi connectivity index (χ3v) is 3.92. The first-order valence-electron chi connectivity index (χ1n) is 6.46. The molecule has 0 bridgehead atoms. The van der Waals surface area contributed by atoms with Gasteiger partial charge in [0.2, 0.25) is 5.91 Å². The van der Waals surface area contributed by atoms with Gasteiger partial charge in [0.05, 0.1) is 0 Å². The minimum atomic E-state index is -1.02. The summed E-state index contributed by atoms with van der Waals surface area (Å²) in [4.78, 5) is 12.5. The molecule has 0 saturated heterocycles. The second kappa shape index (κ2) is 6.61. The molecule has 0 radical (unpaired) electrons. The number of rotatable bonds is 5. The zero-order valence-electron chi connectivity index (χ0n) is 11.9. The number of hydrogen-bond acceptors (Lipinski definition) is 3. The number of amides is 1. The van der Waals surface area contributed by atoms with E-state index in [2.05, 4.69) is 10.5 Å². The highest BCUT2D eigenvalue weighted by Crippen LogP contribution is 2.30. The third-order valence-electron chi connectivity index (χ3n) is 3.69. The number of amidine groups is 1. The minimum Gasteiger partial charge on any atom is -0.409 e. The Morgan fingerprint density at radius 2 is 2.05 bits per heavy atom. The van der Waals surface area contributed by atoms with Gasteiger partial charge in [-0.15, -0.1) is 0 Å². The molecule has 0 saturated carbocycles. The van der Waals surface area contributed by atoms with Crippen molar-refractivity contribution >= 4 is 29.0 Å². The van der Waals surface area contributed by atoms with Gasteiger partial charge in [-0.3, -0.25) is 4.79 Å². The standard InChI is InChI=1S/C14H20ClN3O2/c1-4-14(5-2,12(16)18-20)13(19)17-11-8-10(15)7-6-9(11)3/h6-8,20H,4-5H2,1-3H3,(H2,16,18)(H,17,19). The molecule has 20 heavy (non-hydrogen) atoms. The molecule has 0 unspecified atom stereocenters. The molecule has 0 aliphatic heterocycles. The Hall–Kier alpha value is -1.75. The number of hydrogen-bond donors (Lipinski definition) is 3. The summed E-state index contributed by atoms with van der Waals surface area (Å²) >= 11 is 5.93. The van der Waals surface area contributed by atoms with Crippen LogP contribution in [0.3, 0.4) is 0 Å². The Bertz CT molecular complexity index is 525. The maximum Gasteiger partial charge on any atom is 0.238 e. The number of halogens is 1. The predicted molar refractivity (Wildman–Crippen MR) is 81.2 cm³/mol. The van der Waals surface area contributed by atoms with E-state index in [9.17, 15) is 4.79 Å². The summed E-state index contributed by atoms with van der Waals surface area (Å²) < 4.78 is 0. The van der Waals surface area contributed by atoms with Crippen LogP contribution in [0.4, 0.5) is 5.69 Å². The highest BCUT2D eigenvalue weighted by atomic mass is 35.5. The van der Waals surface area contributed by atoms with Gasteiger partial charge in [-0.25, -0.2) is 0 Å². The van der Waals surface area contributed by atoms with Crippen LogP contribution in [0.15, 0.2) is 23.4 Å². The summed E-state index contributed by atoms with van der Waals surface area (Å²) in [6.45, 7) is 5.52.